The molecule has 0 amide bonds. The van der Waals surface area contributed by atoms with Gasteiger partial charge in [-0.15, -0.1) is 0 Å². The number of hydrogen-bond donors (Lipinski definition) is 4. The highest BCUT2D eigenvalue weighted by Crippen LogP contribution is 2.27. The Kier molecular flexibility index (Phi) is 7.28. The topological polar surface area (TPSA) is 122 Å². The van der Waals surface area contributed by atoms with Gasteiger partial charge in [-0.2, -0.15) is 10.1 Å². The number of aliphatic hydroxyl groups excluding tert-OH is 1. The van der Waals surface area contributed by atoms with Crippen molar-refractivity contribution in [2.75, 3.05) is 44.0 Å². The van der Waals surface area contributed by atoms with E-state index in [9.17, 15) is 0 Å². The fourth-order valence-corrected chi connectivity index (χ4v) is 2.95. The van der Waals surface area contributed by atoms with Crippen molar-refractivity contribution in [1.29, 1.82) is 0 Å². The number of rotatable bonds is 11. The number of nitrogens with one attached hydrogen (secondary N) is 3. The zero-order valence-corrected chi connectivity index (χ0v) is 17.1. The van der Waals surface area contributed by atoms with Crippen molar-refractivity contribution in [3.05, 3.63) is 29.6 Å². The standard InChI is InChI=1S/C19H28N8O2/c1-4-29-10-8-27-17-16(14(26-27)12-20-3)24-19(22-7-9-28)25-18(17)23-15-11-13(2)5-6-21-15/h5-6,11,20,28H,4,7-10,12H2,1-3H3,(H2,21,22,23,24,25). The number of aliphatic hydroxyl groups is 1. The van der Waals surface area contributed by atoms with Crippen LogP contribution < -0.4 is 16.0 Å². The van der Waals surface area contributed by atoms with Gasteiger partial charge in [0, 0.05) is 25.9 Å². The molecule has 0 unspecified atom stereocenters. The summed E-state index contributed by atoms with van der Waals surface area (Å²) in [5.74, 6) is 1.70. The van der Waals surface area contributed by atoms with E-state index in [0.717, 1.165) is 22.3 Å². The molecule has 3 aromatic rings. The summed E-state index contributed by atoms with van der Waals surface area (Å²) >= 11 is 0. The Labute approximate surface area is 169 Å². The van der Waals surface area contributed by atoms with Crippen LogP contribution in [0.25, 0.3) is 11.0 Å². The highest BCUT2D eigenvalue weighted by molar-refractivity contribution is 5.90. The fraction of sp³-hybridized carbons (Fsp3) is 0.474. The van der Waals surface area contributed by atoms with Crippen LogP contribution in [-0.4, -0.2) is 63.3 Å². The van der Waals surface area contributed by atoms with Crippen LogP contribution in [0.2, 0.25) is 0 Å². The first-order chi connectivity index (χ1) is 14.2. The van der Waals surface area contributed by atoms with Crippen molar-refractivity contribution < 1.29 is 9.84 Å². The molecule has 3 rings (SSSR count). The normalized spacial score (nSPS) is 11.2. The number of pyridine rings is 1. The molecule has 4 N–H and O–H groups in total. The number of aryl methyl sites for hydroxylation is 1. The summed E-state index contributed by atoms with van der Waals surface area (Å²) in [4.78, 5) is 13.6. The lowest BCUT2D eigenvalue weighted by atomic mass is 10.3. The molecule has 0 aliphatic heterocycles. The van der Waals surface area contributed by atoms with Gasteiger partial charge in [0.1, 0.15) is 22.5 Å². The predicted molar refractivity (Wildman–Crippen MR) is 112 cm³/mol. The molecule has 0 bridgehead atoms. The van der Waals surface area contributed by atoms with Gasteiger partial charge in [0.2, 0.25) is 5.95 Å². The molecule has 3 aromatic heterocycles. The molecule has 0 saturated carbocycles. The molecule has 0 aliphatic carbocycles. The average molecular weight is 400 g/mol. The minimum absolute atomic E-state index is 0.0133. The number of anilines is 3. The van der Waals surface area contributed by atoms with Gasteiger partial charge < -0.3 is 25.8 Å². The molecular weight excluding hydrogens is 372 g/mol. The molecule has 0 spiro atoms. The fourth-order valence-electron chi connectivity index (χ4n) is 2.95. The summed E-state index contributed by atoms with van der Waals surface area (Å²) in [5.41, 5.74) is 3.43. The second-order valence-corrected chi connectivity index (χ2v) is 6.48. The van der Waals surface area contributed by atoms with Gasteiger partial charge in [0.05, 0.1) is 19.8 Å². The molecule has 0 radical (unpaired) electrons. The quantitative estimate of drug-likeness (QED) is 0.354. The van der Waals surface area contributed by atoms with Gasteiger partial charge in [-0.3, -0.25) is 4.68 Å². The van der Waals surface area contributed by atoms with E-state index >= 15 is 0 Å². The van der Waals surface area contributed by atoms with Gasteiger partial charge in [0.15, 0.2) is 5.82 Å². The third-order valence-electron chi connectivity index (χ3n) is 4.21. The van der Waals surface area contributed by atoms with Crippen molar-refractivity contribution in [1.82, 2.24) is 30.0 Å². The first-order valence-corrected chi connectivity index (χ1v) is 9.70. The summed E-state index contributed by atoms with van der Waals surface area (Å²) in [6.45, 7) is 6.65. The van der Waals surface area contributed by atoms with Crippen molar-refractivity contribution in [3.8, 4) is 0 Å². The van der Waals surface area contributed by atoms with E-state index in [2.05, 4.69) is 30.9 Å². The third kappa shape index (κ3) is 5.17. The SMILES string of the molecule is CCOCCn1nc(CNC)c2nc(NCCO)nc(Nc3cc(C)ccn3)c21. The van der Waals surface area contributed by atoms with Gasteiger partial charge in [-0.05, 0) is 38.6 Å². The van der Waals surface area contributed by atoms with Gasteiger partial charge in [0.25, 0.3) is 0 Å². The van der Waals surface area contributed by atoms with Crippen LogP contribution in [0.15, 0.2) is 18.3 Å². The van der Waals surface area contributed by atoms with E-state index in [1.165, 1.54) is 0 Å². The van der Waals surface area contributed by atoms with Crippen LogP contribution >= 0.6 is 0 Å². The Bertz CT molecular complexity index is 943. The summed E-state index contributed by atoms with van der Waals surface area (Å²) in [5, 5.41) is 23.4. The zero-order chi connectivity index (χ0) is 20.6. The Hall–Kier alpha value is -2.82. The summed E-state index contributed by atoms with van der Waals surface area (Å²) < 4.78 is 7.38. The van der Waals surface area contributed by atoms with Crippen LogP contribution in [0.1, 0.15) is 18.2 Å². The summed E-state index contributed by atoms with van der Waals surface area (Å²) in [6.07, 6.45) is 1.75. The number of ether oxygens (including phenoxy) is 1. The Morgan fingerprint density at radius 1 is 1.28 bits per heavy atom. The highest BCUT2D eigenvalue weighted by atomic mass is 16.5. The number of nitrogens with zero attached hydrogens (tertiary/aromatic N) is 5. The Balaban J connectivity index is 2.10. The first kappa shape index (κ1) is 20.9. The molecule has 0 fully saturated rings. The predicted octanol–water partition coefficient (Wildman–Crippen LogP) is 1.43. The van der Waals surface area contributed by atoms with E-state index < -0.39 is 0 Å². The molecule has 156 valence electrons. The van der Waals surface area contributed by atoms with Gasteiger partial charge >= 0.3 is 0 Å². The molecule has 10 nitrogen and oxygen atoms in total. The first-order valence-electron chi connectivity index (χ1n) is 9.70. The van der Waals surface area contributed by atoms with Crippen molar-refractivity contribution in [2.45, 2.75) is 26.9 Å². The van der Waals surface area contributed by atoms with E-state index in [-0.39, 0.29) is 6.61 Å². The maximum absolute atomic E-state index is 9.16. The van der Waals surface area contributed by atoms with E-state index in [1.54, 1.807) is 6.20 Å². The average Bonchev–Trinajstić information content (AvgIpc) is 3.05. The van der Waals surface area contributed by atoms with Gasteiger partial charge in [-0.25, -0.2) is 9.97 Å². The highest BCUT2D eigenvalue weighted by Gasteiger charge is 2.19. The maximum Gasteiger partial charge on any atom is 0.225 e. The van der Waals surface area contributed by atoms with Crippen molar-refractivity contribution in [3.63, 3.8) is 0 Å². The molecule has 0 aliphatic rings. The second kappa shape index (κ2) is 10.1. The summed E-state index contributed by atoms with van der Waals surface area (Å²) in [7, 11) is 1.87. The van der Waals surface area contributed by atoms with Crippen molar-refractivity contribution in [2.24, 2.45) is 0 Å². The number of aromatic nitrogens is 5. The molecule has 10 heteroatoms. The monoisotopic (exact) mass is 400 g/mol. The third-order valence-corrected chi connectivity index (χ3v) is 4.21. The Morgan fingerprint density at radius 2 is 2.14 bits per heavy atom. The molecule has 0 atom stereocenters. The number of fused-ring (bicyclic) bond motifs is 1. The summed E-state index contributed by atoms with van der Waals surface area (Å²) in [6, 6.07) is 3.89. The zero-order valence-electron chi connectivity index (χ0n) is 17.1. The minimum Gasteiger partial charge on any atom is -0.395 e. The molecule has 3 heterocycles. The van der Waals surface area contributed by atoms with Crippen LogP contribution in [0.3, 0.4) is 0 Å². The van der Waals surface area contributed by atoms with Gasteiger partial charge in [-0.1, -0.05) is 0 Å². The molecule has 29 heavy (non-hydrogen) atoms. The van der Waals surface area contributed by atoms with Crippen LogP contribution in [0.4, 0.5) is 17.6 Å². The van der Waals surface area contributed by atoms with Crippen molar-refractivity contribution >= 4 is 28.6 Å². The Morgan fingerprint density at radius 3 is 2.86 bits per heavy atom. The van der Waals surface area contributed by atoms with Crippen LogP contribution in [-0.2, 0) is 17.8 Å². The smallest absolute Gasteiger partial charge is 0.225 e. The maximum atomic E-state index is 9.16. The molecular formula is C19H28N8O2. The van der Waals surface area contributed by atoms with E-state index in [0.29, 0.717) is 50.4 Å². The largest absolute Gasteiger partial charge is 0.395 e. The lowest BCUT2D eigenvalue weighted by Gasteiger charge is -2.12. The van der Waals surface area contributed by atoms with Crippen LogP contribution in [0, 0.1) is 6.92 Å². The van der Waals surface area contributed by atoms with Crippen LogP contribution in [0.5, 0.6) is 0 Å². The minimum atomic E-state index is -0.0133. The number of hydrogen-bond acceptors (Lipinski definition) is 9. The second-order valence-electron chi connectivity index (χ2n) is 6.48. The molecule has 0 saturated heterocycles. The van der Waals surface area contributed by atoms with E-state index in [4.69, 9.17) is 14.9 Å². The molecule has 0 aromatic carbocycles. The van der Waals surface area contributed by atoms with E-state index in [1.807, 2.05) is 37.7 Å². The lowest BCUT2D eigenvalue weighted by molar-refractivity contribution is 0.137. The lowest BCUT2D eigenvalue weighted by Crippen LogP contribution is -2.12.